The summed E-state index contributed by atoms with van der Waals surface area (Å²) >= 11 is 3.34. The number of rotatable bonds is 4. The third kappa shape index (κ3) is 3.54. The number of halogens is 1. The van der Waals surface area contributed by atoms with Crippen LogP contribution >= 0.6 is 15.9 Å². The Morgan fingerprint density at radius 2 is 2.16 bits per heavy atom. The van der Waals surface area contributed by atoms with Gasteiger partial charge in [-0.15, -0.1) is 0 Å². The van der Waals surface area contributed by atoms with Gasteiger partial charge in [0.25, 0.3) is 0 Å². The Bertz CT molecular complexity index is 619. The van der Waals surface area contributed by atoms with Gasteiger partial charge in [-0.25, -0.2) is 0 Å². The van der Waals surface area contributed by atoms with Crippen LogP contribution in [0, 0.1) is 0 Å². The van der Waals surface area contributed by atoms with E-state index < -0.39 is 10.8 Å². The topological polar surface area (TPSA) is 65.2 Å². The summed E-state index contributed by atoms with van der Waals surface area (Å²) in [5.74, 6) is 1.01. The molecule has 0 radical (unpaired) electrons. The fraction of sp³-hybridized carbons (Fsp3) is 0.154. The number of benzene rings is 1. The average Bonchev–Trinajstić information content (AvgIpc) is 2.39. The fourth-order valence-electron chi connectivity index (χ4n) is 1.60. The Balaban J connectivity index is 2.25. The first kappa shape index (κ1) is 14.0. The highest BCUT2D eigenvalue weighted by Gasteiger charge is 2.11. The summed E-state index contributed by atoms with van der Waals surface area (Å²) in [6.07, 6.45) is 3.38. The molecule has 4 nitrogen and oxygen atoms in total. The van der Waals surface area contributed by atoms with Crippen LogP contribution in [0.4, 0.5) is 5.69 Å². The summed E-state index contributed by atoms with van der Waals surface area (Å²) in [4.78, 5) is 4.63. The number of nitrogens with zero attached hydrogens (tertiary/aromatic N) is 1. The van der Waals surface area contributed by atoms with Gasteiger partial charge in [-0.1, -0.05) is 0 Å². The van der Waals surface area contributed by atoms with Crippen molar-refractivity contribution >= 4 is 32.4 Å². The van der Waals surface area contributed by atoms with E-state index in [9.17, 15) is 4.21 Å². The van der Waals surface area contributed by atoms with Crippen LogP contribution in [-0.4, -0.2) is 16.3 Å². The van der Waals surface area contributed by atoms with Gasteiger partial charge < -0.3 is 10.5 Å². The summed E-state index contributed by atoms with van der Waals surface area (Å²) in [7, 11) is 0.334. The molecule has 1 aromatic carbocycles. The van der Waals surface area contributed by atoms with Gasteiger partial charge in [0.05, 0.1) is 28.6 Å². The van der Waals surface area contributed by atoms with Gasteiger partial charge in [0.2, 0.25) is 0 Å². The largest absolute Gasteiger partial charge is 0.497 e. The van der Waals surface area contributed by atoms with Crippen molar-refractivity contribution in [2.24, 2.45) is 0 Å². The van der Waals surface area contributed by atoms with Crippen LogP contribution in [0.5, 0.6) is 5.75 Å². The number of nitrogen functional groups attached to an aromatic ring is 1. The number of hydrogen-bond donors (Lipinski definition) is 1. The Hall–Kier alpha value is -1.40. The lowest BCUT2D eigenvalue weighted by Gasteiger charge is -2.08. The number of nitrogens with two attached hydrogens (primary N) is 1. The minimum Gasteiger partial charge on any atom is -0.497 e. The summed E-state index contributed by atoms with van der Waals surface area (Å²) in [5, 5.41) is 0. The molecule has 0 fully saturated rings. The van der Waals surface area contributed by atoms with E-state index in [0.29, 0.717) is 22.1 Å². The zero-order valence-electron chi connectivity index (χ0n) is 10.3. The second kappa shape index (κ2) is 6.16. The molecular formula is C13H13BrN2O2S. The maximum Gasteiger partial charge on any atom is 0.120 e. The van der Waals surface area contributed by atoms with Crippen molar-refractivity contribution in [1.29, 1.82) is 0 Å². The van der Waals surface area contributed by atoms with Gasteiger partial charge in [0.1, 0.15) is 5.75 Å². The Morgan fingerprint density at radius 1 is 1.37 bits per heavy atom. The monoisotopic (exact) mass is 340 g/mol. The van der Waals surface area contributed by atoms with Gasteiger partial charge in [0, 0.05) is 22.6 Å². The number of methoxy groups -OCH3 is 1. The molecular weight excluding hydrogens is 328 g/mol. The van der Waals surface area contributed by atoms with Crippen molar-refractivity contribution in [3.63, 3.8) is 0 Å². The first-order valence-corrected chi connectivity index (χ1v) is 7.62. The van der Waals surface area contributed by atoms with Crippen molar-refractivity contribution in [3.8, 4) is 5.75 Å². The van der Waals surface area contributed by atoms with E-state index >= 15 is 0 Å². The van der Waals surface area contributed by atoms with Gasteiger partial charge >= 0.3 is 0 Å². The van der Waals surface area contributed by atoms with Gasteiger partial charge in [-0.2, -0.15) is 0 Å². The normalized spacial score (nSPS) is 12.1. The van der Waals surface area contributed by atoms with Crippen molar-refractivity contribution in [1.82, 2.24) is 4.98 Å². The molecule has 2 aromatic rings. The summed E-state index contributed by atoms with van der Waals surface area (Å²) in [6, 6.07) is 7.04. The van der Waals surface area contributed by atoms with Crippen LogP contribution in [-0.2, 0) is 16.6 Å². The lowest BCUT2D eigenvalue weighted by molar-refractivity contribution is 0.413. The van der Waals surface area contributed by atoms with E-state index in [-0.39, 0.29) is 0 Å². The van der Waals surface area contributed by atoms with Crippen LogP contribution in [0.3, 0.4) is 0 Å². The molecule has 0 amide bonds. The third-order valence-corrected chi connectivity index (χ3v) is 4.40. The Labute approximate surface area is 122 Å². The highest BCUT2D eigenvalue weighted by atomic mass is 79.9. The molecule has 0 saturated carbocycles. The van der Waals surface area contributed by atoms with E-state index in [0.717, 1.165) is 10.0 Å². The molecule has 1 unspecified atom stereocenters. The third-order valence-electron chi connectivity index (χ3n) is 2.53. The molecule has 2 N–H and O–H groups in total. The number of hydrogen-bond acceptors (Lipinski definition) is 4. The van der Waals surface area contributed by atoms with Crippen molar-refractivity contribution in [3.05, 3.63) is 46.7 Å². The highest BCUT2D eigenvalue weighted by Crippen LogP contribution is 2.24. The highest BCUT2D eigenvalue weighted by molar-refractivity contribution is 9.10. The van der Waals surface area contributed by atoms with Crippen LogP contribution in [0.1, 0.15) is 5.56 Å². The standard InChI is InChI=1S/C13H13BrN2O2S/c1-18-11-2-3-12(15)13(5-11)19(17)8-9-4-10(14)7-16-6-9/h2-7H,8,15H2,1H3. The molecule has 1 aromatic heterocycles. The second-order valence-corrected chi connectivity index (χ2v) is 6.24. The Morgan fingerprint density at radius 3 is 2.84 bits per heavy atom. The molecule has 2 rings (SSSR count). The molecule has 1 heterocycles. The summed E-state index contributed by atoms with van der Waals surface area (Å²) in [6.45, 7) is 0. The summed E-state index contributed by atoms with van der Waals surface area (Å²) < 4.78 is 18.3. The zero-order valence-corrected chi connectivity index (χ0v) is 12.7. The molecule has 0 saturated heterocycles. The number of anilines is 1. The minimum atomic E-state index is -1.23. The van der Waals surface area contributed by atoms with Crippen LogP contribution in [0.15, 0.2) is 46.0 Å². The van der Waals surface area contributed by atoms with E-state index in [2.05, 4.69) is 20.9 Å². The molecule has 19 heavy (non-hydrogen) atoms. The average molecular weight is 341 g/mol. The maximum absolute atomic E-state index is 12.3. The van der Waals surface area contributed by atoms with E-state index in [1.807, 2.05) is 6.07 Å². The van der Waals surface area contributed by atoms with E-state index in [1.54, 1.807) is 37.7 Å². The molecule has 100 valence electrons. The fourth-order valence-corrected chi connectivity index (χ4v) is 3.21. The number of ether oxygens (including phenoxy) is 1. The molecule has 6 heteroatoms. The molecule has 0 aliphatic heterocycles. The molecule has 0 bridgehead atoms. The quantitative estimate of drug-likeness (QED) is 0.869. The lowest BCUT2D eigenvalue weighted by Crippen LogP contribution is -2.02. The van der Waals surface area contributed by atoms with E-state index in [1.165, 1.54) is 0 Å². The predicted molar refractivity (Wildman–Crippen MR) is 79.5 cm³/mol. The molecule has 0 aliphatic carbocycles. The first-order valence-electron chi connectivity index (χ1n) is 5.51. The smallest absolute Gasteiger partial charge is 0.120 e. The minimum absolute atomic E-state index is 0.365. The molecule has 0 spiro atoms. The van der Waals surface area contributed by atoms with Gasteiger partial charge in [-0.3, -0.25) is 9.19 Å². The molecule has 0 aliphatic rings. The second-order valence-electron chi connectivity index (χ2n) is 3.91. The Kier molecular flexibility index (Phi) is 4.55. The van der Waals surface area contributed by atoms with Crippen molar-refractivity contribution < 1.29 is 8.95 Å². The number of pyridine rings is 1. The molecule has 1 atom stereocenters. The van der Waals surface area contributed by atoms with E-state index in [4.69, 9.17) is 10.5 Å². The predicted octanol–water partition coefficient (Wildman–Crippen LogP) is 2.74. The van der Waals surface area contributed by atoms with Gasteiger partial charge in [0.15, 0.2) is 0 Å². The van der Waals surface area contributed by atoms with Crippen LogP contribution in [0.2, 0.25) is 0 Å². The van der Waals surface area contributed by atoms with Crippen molar-refractivity contribution in [2.75, 3.05) is 12.8 Å². The SMILES string of the molecule is COc1ccc(N)c(S(=O)Cc2cncc(Br)c2)c1. The summed E-state index contributed by atoms with van der Waals surface area (Å²) in [5.41, 5.74) is 7.24. The number of aromatic nitrogens is 1. The van der Waals surface area contributed by atoms with Crippen LogP contribution in [0.25, 0.3) is 0 Å². The zero-order chi connectivity index (χ0) is 13.8. The lowest BCUT2D eigenvalue weighted by atomic mass is 10.3. The van der Waals surface area contributed by atoms with Crippen LogP contribution < -0.4 is 10.5 Å². The van der Waals surface area contributed by atoms with Gasteiger partial charge in [-0.05, 0) is 45.8 Å². The maximum atomic E-state index is 12.3. The first-order chi connectivity index (χ1) is 9.10. The van der Waals surface area contributed by atoms with Crippen molar-refractivity contribution in [2.45, 2.75) is 10.6 Å².